The minimum absolute atomic E-state index is 0.825. The Morgan fingerprint density at radius 2 is 1.33 bits per heavy atom. The van der Waals surface area contributed by atoms with Crippen molar-refractivity contribution in [2.75, 3.05) is 0 Å². The summed E-state index contributed by atoms with van der Waals surface area (Å²) in [5.74, 6) is 2.05. The summed E-state index contributed by atoms with van der Waals surface area (Å²) in [6, 6.07) is 0. The molecule has 0 aromatic heterocycles. The van der Waals surface area contributed by atoms with E-state index in [9.17, 15) is 0 Å². The molecule has 0 aliphatic heterocycles. The topological polar surface area (TPSA) is 0 Å². The second-order valence-electron chi connectivity index (χ2n) is 5.53. The molecule has 0 aromatic carbocycles. The molecular weight excluding hydrogens is 144 g/mol. The van der Waals surface area contributed by atoms with Crippen molar-refractivity contribution in [1.82, 2.24) is 0 Å². The van der Waals surface area contributed by atoms with Crippen LogP contribution in [0.5, 0.6) is 0 Å². The maximum atomic E-state index is 2.44. The van der Waals surface area contributed by atoms with Crippen LogP contribution < -0.4 is 0 Å². The van der Waals surface area contributed by atoms with Gasteiger partial charge < -0.3 is 0 Å². The van der Waals surface area contributed by atoms with Crippen LogP contribution in [0.15, 0.2) is 0 Å². The third kappa shape index (κ3) is 1.53. The Labute approximate surface area is 76.7 Å². The lowest BCUT2D eigenvalue weighted by Gasteiger charge is -2.36. The Bertz CT molecular complexity index is 151. The first-order valence-corrected chi connectivity index (χ1v) is 5.70. The van der Waals surface area contributed by atoms with Crippen LogP contribution in [0.4, 0.5) is 0 Å². The molecule has 1 spiro atoms. The van der Waals surface area contributed by atoms with Crippen LogP contribution in [-0.4, -0.2) is 0 Å². The zero-order chi connectivity index (χ0) is 8.60. The minimum atomic E-state index is 0.825. The van der Waals surface area contributed by atoms with Crippen molar-refractivity contribution in [2.24, 2.45) is 17.3 Å². The lowest BCUT2D eigenvalue weighted by molar-refractivity contribution is 0.157. The van der Waals surface area contributed by atoms with Gasteiger partial charge in [-0.2, -0.15) is 0 Å². The Morgan fingerprint density at radius 1 is 0.833 bits per heavy atom. The first kappa shape index (κ1) is 8.59. The molecular formula is C12H22. The second kappa shape index (κ2) is 3.05. The first-order chi connectivity index (χ1) is 5.70. The lowest BCUT2D eigenvalue weighted by atomic mass is 9.69. The fraction of sp³-hybridized carbons (Fsp3) is 1.00. The van der Waals surface area contributed by atoms with Crippen molar-refractivity contribution < 1.29 is 0 Å². The zero-order valence-corrected chi connectivity index (χ0v) is 8.60. The van der Waals surface area contributed by atoms with Crippen LogP contribution in [0.2, 0.25) is 0 Å². The Kier molecular flexibility index (Phi) is 2.18. The third-order valence-electron chi connectivity index (χ3n) is 4.28. The van der Waals surface area contributed by atoms with Crippen molar-refractivity contribution in [2.45, 2.75) is 58.8 Å². The van der Waals surface area contributed by atoms with E-state index < -0.39 is 0 Å². The predicted octanol–water partition coefficient (Wildman–Crippen LogP) is 4.00. The molecule has 0 heteroatoms. The van der Waals surface area contributed by atoms with Gasteiger partial charge in [0.05, 0.1) is 0 Å². The third-order valence-corrected chi connectivity index (χ3v) is 4.28. The van der Waals surface area contributed by atoms with Crippen LogP contribution in [0, 0.1) is 17.3 Å². The van der Waals surface area contributed by atoms with E-state index in [1.165, 1.54) is 19.3 Å². The van der Waals surface area contributed by atoms with E-state index in [1.807, 2.05) is 0 Å². The van der Waals surface area contributed by atoms with Gasteiger partial charge in [0.1, 0.15) is 0 Å². The highest BCUT2D eigenvalue weighted by molar-refractivity contribution is 4.90. The highest BCUT2D eigenvalue weighted by Gasteiger charge is 2.39. The van der Waals surface area contributed by atoms with Crippen LogP contribution in [0.3, 0.4) is 0 Å². The predicted molar refractivity (Wildman–Crippen MR) is 53.1 cm³/mol. The van der Waals surface area contributed by atoms with Crippen molar-refractivity contribution in [3.05, 3.63) is 0 Å². The monoisotopic (exact) mass is 166 g/mol. The zero-order valence-electron chi connectivity index (χ0n) is 8.60. The average molecular weight is 166 g/mol. The molecule has 2 aliphatic rings. The standard InChI is InChI=1S/C12H22/c1-10-3-6-12(7-4-10)8-5-11(2)9-12/h10-11H,3-9H2,1-2H3. The van der Waals surface area contributed by atoms with Crippen molar-refractivity contribution in [1.29, 1.82) is 0 Å². The second-order valence-corrected chi connectivity index (χ2v) is 5.53. The van der Waals surface area contributed by atoms with E-state index >= 15 is 0 Å². The first-order valence-electron chi connectivity index (χ1n) is 5.70. The Morgan fingerprint density at radius 3 is 1.83 bits per heavy atom. The van der Waals surface area contributed by atoms with E-state index in [2.05, 4.69) is 13.8 Å². The number of rotatable bonds is 0. The molecule has 2 rings (SSSR count). The summed E-state index contributed by atoms with van der Waals surface area (Å²) in [5, 5.41) is 0. The van der Waals surface area contributed by atoms with Crippen molar-refractivity contribution >= 4 is 0 Å². The summed E-state index contributed by atoms with van der Waals surface area (Å²) in [5.41, 5.74) is 0.825. The van der Waals surface area contributed by atoms with E-state index in [0.29, 0.717) is 0 Å². The maximum absolute atomic E-state index is 2.44. The lowest BCUT2D eigenvalue weighted by Crippen LogP contribution is -2.23. The van der Waals surface area contributed by atoms with Crippen molar-refractivity contribution in [3.63, 3.8) is 0 Å². The molecule has 2 saturated carbocycles. The molecule has 0 radical (unpaired) electrons. The van der Waals surface area contributed by atoms with Crippen LogP contribution in [0.1, 0.15) is 58.8 Å². The molecule has 0 amide bonds. The molecule has 12 heavy (non-hydrogen) atoms. The molecule has 0 nitrogen and oxygen atoms in total. The van der Waals surface area contributed by atoms with Gasteiger partial charge in [-0.1, -0.05) is 33.1 Å². The van der Waals surface area contributed by atoms with Gasteiger partial charge in [0, 0.05) is 0 Å². The van der Waals surface area contributed by atoms with E-state index in [4.69, 9.17) is 0 Å². The highest BCUT2D eigenvalue weighted by Crippen LogP contribution is 2.51. The van der Waals surface area contributed by atoms with Gasteiger partial charge in [-0.15, -0.1) is 0 Å². The van der Waals surface area contributed by atoms with Gasteiger partial charge in [0.15, 0.2) is 0 Å². The quantitative estimate of drug-likeness (QED) is 0.510. The average Bonchev–Trinajstić information content (AvgIpc) is 2.40. The smallest absolute Gasteiger partial charge is 0.0295 e. The van der Waals surface area contributed by atoms with Gasteiger partial charge in [-0.25, -0.2) is 0 Å². The largest absolute Gasteiger partial charge is 0.0625 e. The minimum Gasteiger partial charge on any atom is -0.0625 e. The number of hydrogen-bond acceptors (Lipinski definition) is 0. The summed E-state index contributed by atoms with van der Waals surface area (Å²) in [7, 11) is 0. The summed E-state index contributed by atoms with van der Waals surface area (Å²) in [4.78, 5) is 0. The van der Waals surface area contributed by atoms with Gasteiger partial charge in [-0.3, -0.25) is 0 Å². The summed E-state index contributed by atoms with van der Waals surface area (Å²) in [6.45, 7) is 4.86. The summed E-state index contributed by atoms with van der Waals surface area (Å²) in [6.07, 6.45) is 10.7. The normalized spacial score (nSPS) is 48.5. The van der Waals surface area contributed by atoms with Crippen LogP contribution in [0.25, 0.3) is 0 Å². The highest BCUT2D eigenvalue weighted by atomic mass is 14.4. The summed E-state index contributed by atoms with van der Waals surface area (Å²) < 4.78 is 0. The molecule has 2 fully saturated rings. The number of hydrogen-bond donors (Lipinski definition) is 0. The molecule has 2 aliphatic carbocycles. The molecule has 0 N–H and O–H groups in total. The van der Waals surface area contributed by atoms with E-state index in [-0.39, 0.29) is 0 Å². The molecule has 0 bridgehead atoms. The van der Waals surface area contributed by atoms with Crippen LogP contribution >= 0.6 is 0 Å². The molecule has 70 valence electrons. The van der Waals surface area contributed by atoms with E-state index in [0.717, 1.165) is 17.3 Å². The van der Waals surface area contributed by atoms with Gasteiger partial charge in [-0.05, 0) is 42.9 Å². The molecule has 1 unspecified atom stereocenters. The van der Waals surface area contributed by atoms with Gasteiger partial charge in [0.2, 0.25) is 0 Å². The fourth-order valence-corrected chi connectivity index (χ4v) is 3.32. The Balaban J connectivity index is 1.95. The Hall–Kier alpha value is 0. The SMILES string of the molecule is CC1CCC2(CC1)CCC(C)C2. The van der Waals surface area contributed by atoms with Crippen molar-refractivity contribution in [3.8, 4) is 0 Å². The van der Waals surface area contributed by atoms with Gasteiger partial charge in [0.25, 0.3) is 0 Å². The summed E-state index contributed by atoms with van der Waals surface area (Å²) >= 11 is 0. The molecule has 0 aromatic rings. The van der Waals surface area contributed by atoms with E-state index in [1.54, 1.807) is 25.7 Å². The molecule has 0 heterocycles. The fourth-order valence-electron chi connectivity index (χ4n) is 3.32. The van der Waals surface area contributed by atoms with Gasteiger partial charge >= 0.3 is 0 Å². The molecule has 1 atom stereocenters. The molecule has 0 saturated heterocycles. The van der Waals surface area contributed by atoms with Crippen LogP contribution in [-0.2, 0) is 0 Å². The maximum Gasteiger partial charge on any atom is -0.0295 e.